The van der Waals surface area contributed by atoms with Gasteiger partial charge in [-0.3, -0.25) is 9.69 Å². The van der Waals surface area contributed by atoms with Gasteiger partial charge in [0, 0.05) is 24.9 Å². The molecule has 1 heterocycles. The molecule has 0 aliphatic rings. The first-order chi connectivity index (χ1) is 10.5. The topological polar surface area (TPSA) is 53.4 Å². The predicted octanol–water partition coefficient (Wildman–Crippen LogP) is 3.08. The van der Waals surface area contributed by atoms with Crippen molar-refractivity contribution in [1.82, 2.24) is 9.88 Å². The van der Waals surface area contributed by atoms with E-state index in [1.807, 2.05) is 18.0 Å². The van der Waals surface area contributed by atoms with E-state index in [-0.39, 0.29) is 5.92 Å². The molecule has 0 bridgehead atoms. The minimum atomic E-state index is -0.756. The van der Waals surface area contributed by atoms with Crippen molar-refractivity contribution >= 4 is 17.3 Å². The first-order valence-corrected chi connectivity index (χ1v) is 8.31. The summed E-state index contributed by atoms with van der Waals surface area (Å²) in [4.78, 5) is 17.5. The Morgan fingerprint density at radius 2 is 2.05 bits per heavy atom. The maximum absolute atomic E-state index is 10.9. The van der Waals surface area contributed by atoms with E-state index in [9.17, 15) is 4.79 Å². The molecule has 0 radical (unpaired) electrons. The summed E-state index contributed by atoms with van der Waals surface area (Å²) >= 11 is 1.68. The Balaban J connectivity index is 1.82. The summed E-state index contributed by atoms with van der Waals surface area (Å²) < 4.78 is 0. The van der Waals surface area contributed by atoms with Crippen LogP contribution in [0.2, 0.25) is 0 Å². The highest BCUT2D eigenvalue weighted by Gasteiger charge is 2.14. The van der Waals surface area contributed by atoms with Gasteiger partial charge in [0.1, 0.15) is 0 Å². The van der Waals surface area contributed by atoms with E-state index in [1.54, 1.807) is 18.3 Å². The van der Waals surface area contributed by atoms with Crippen LogP contribution in [-0.4, -0.2) is 34.6 Å². The Morgan fingerprint density at radius 3 is 2.73 bits per heavy atom. The van der Waals surface area contributed by atoms with Gasteiger partial charge in [-0.1, -0.05) is 37.3 Å². The molecule has 0 aliphatic carbocycles. The maximum atomic E-state index is 10.9. The van der Waals surface area contributed by atoms with Crippen LogP contribution in [-0.2, 0) is 24.2 Å². The van der Waals surface area contributed by atoms with E-state index >= 15 is 0 Å². The minimum Gasteiger partial charge on any atom is -0.481 e. The molecule has 118 valence electrons. The second-order valence-corrected chi connectivity index (χ2v) is 6.60. The molecular formula is C17H22N2O2S. The summed E-state index contributed by atoms with van der Waals surface area (Å²) in [6.45, 7) is 2.96. The van der Waals surface area contributed by atoms with Crippen LogP contribution in [0.5, 0.6) is 0 Å². The van der Waals surface area contributed by atoms with E-state index in [0.29, 0.717) is 13.1 Å². The highest BCUT2D eigenvalue weighted by atomic mass is 32.1. The lowest BCUT2D eigenvalue weighted by Crippen LogP contribution is -2.28. The average molecular weight is 318 g/mol. The molecule has 22 heavy (non-hydrogen) atoms. The van der Waals surface area contributed by atoms with E-state index in [1.165, 1.54) is 5.56 Å². The molecule has 0 saturated heterocycles. The number of carboxylic acid groups (broad SMARTS) is 1. The molecule has 2 aromatic rings. The van der Waals surface area contributed by atoms with Crippen molar-refractivity contribution in [3.63, 3.8) is 0 Å². The standard InChI is InChI=1S/C17H22N2O2S/c1-13(17(20)21)10-19(2)11-15-12-22-16(18-15)9-8-14-6-4-3-5-7-14/h3-7,12-13H,8-11H2,1-2H3,(H,20,21). The molecule has 0 aliphatic heterocycles. The third-order valence-corrected chi connectivity index (χ3v) is 4.47. The third-order valence-electron chi connectivity index (χ3n) is 3.51. The lowest BCUT2D eigenvalue weighted by Gasteiger charge is -2.17. The Labute approximate surface area is 135 Å². The van der Waals surface area contributed by atoms with Crippen LogP contribution in [0.15, 0.2) is 35.7 Å². The predicted molar refractivity (Wildman–Crippen MR) is 89.1 cm³/mol. The van der Waals surface area contributed by atoms with Gasteiger partial charge < -0.3 is 5.11 Å². The molecule has 1 atom stereocenters. The molecule has 0 fully saturated rings. The fraction of sp³-hybridized carbons (Fsp3) is 0.412. The Hall–Kier alpha value is -1.72. The van der Waals surface area contributed by atoms with Crippen molar-refractivity contribution in [2.45, 2.75) is 26.3 Å². The molecule has 2 rings (SSSR count). The van der Waals surface area contributed by atoms with Crippen LogP contribution in [0.4, 0.5) is 0 Å². The van der Waals surface area contributed by atoms with E-state index < -0.39 is 5.97 Å². The van der Waals surface area contributed by atoms with E-state index in [4.69, 9.17) is 5.11 Å². The van der Waals surface area contributed by atoms with Crippen molar-refractivity contribution in [3.8, 4) is 0 Å². The van der Waals surface area contributed by atoms with Crippen LogP contribution >= 0.6 is 11.3 Å². The number of aromatic nitrogens is 1. The number of carboxylic acids is 1. The van der Waals surface area contributed by atoms with Crippen molar-refractivity contribution in [3.05, 3.63) is 52.0 Å². The number of hydrogen-bond acceptors (Lipinski definition) is 4. The quantitative estimate of drug-likeness (QED) is 0.812. The fourth-order valence-electron chi connectivity index (χ4n) is 2.32. The summed E-state index contributed by atoms with van der Waals surface area (Å²) in [6, 6.07) is 10.4. The number of rotatable bonds is 8. The van der Waals surface area contributed by atoms with E-state index in [0.717, 1.165) is 23.5 Å². The fourth-order valence-corrected chi connectivity index (χ4v) is 3.11. The maximum Gasteiger partial charge on any atom is 0.307 e. The zero-order chi connectivity index (χ0) is 15.9. The van der Waals surface area contributed by atoms with Crippen LogP contribution in [0.3, 0.4) is 0 Å². The molecule has 1 aromatic heterocycles. The molecule has 0 spiro atoms. The third kappa shape index (κ3) is 5.24. The van der Waals surface area contributed by atoms with Gasteiger partial charge in [-0.2, -0.15) is 0 Å². The first-order valence-electron chi connectivity index (χ1n) is 7.43. The summed E-state index contributed by atoms with van der Waals surface area (Å²) in [6.07, 6.45) is 1.95. The average Bonchev–Trinajstić information content (AvgIpc) is 2.93. The highest BCUT2D eigenvalue weighted by molar-refractivity contribution is 7.09. The van der Waals surface area contributed by atoms with Gasteiger partial charge >= 0.3 is 5.97 Å². The van der Waals surface area contributed by atoms with Crippen molar-refractivity contribution in [2.24, 2.45) is 5.92 Å². The molecule has 1 N–H and O–H groups in total. The first kappa shape index (κ1) is 16.6. The molecule has 1 unspecified atom stereocenters. The number of aryl methyl sites for hydroxylation is 2. The molecule has 1 aromatic carbocycles. The number of aliphatic carboxylic acids is 1. The lowest BCUT2D eigenvalue weighted by atomic mass is 10.1. The Kier molecular flexibility index (Phi) is 6.10. The molecule has 0 amide bonds. The van der Waals surface area contributed by atoms with Crippen molar-refractivity contribution in [1.29, 1.82) is 0 Å². The summed E-state index contributed by atoms with van der Waals surface area (Å²) in [5, 5.41) is 12.1. The van der Waals surface area contributed by atoms with Gasteiger partial charge in [0.05, 0.1) is 16.6 Å². The van der Waals surface area contributed by atoms with Gasteiger partial charge in [-0.05, 0) is 19.0 Å². The smallest absolute Gasteiger partial charge is 0.307 e. The van der Waals surface area contributed by atoms with Gasteiger partial charge in [0.15, 0.2) is 0 Å². The molecule has 4 nitrogen and oxygen atoms in total. The summed E-state index contributed by atoms with van der Waals surface area (Å²) in [7, 11) is 1.93. The molecule has 0 saturated carbocycles. The zero-order valence-corrected chi connectivity index (χ0v) is 13.8. The SMILES string of the molecule is CC(CN(C)Cc1csc(CCc2ccccc2)n1)C(=O)O. The molecule has 5 heteroatoms. The van der Waals surface area contributed by atoms with Crippen LogP contribution in [0.1, 0.15) is 23.2 Å². The van der Waals surface area contributed by atoms with Gasteiger partial charge in [0.25, 0.3) is 0 Å². The van der Waals surface area contributed by atoms with Crippen LogP contribution in [0, 0.1) is 5.92 Å². The van der Waals surface area contributed by atoms with Crippen LogP contribution in [0.25, 0.3) is 0 Å². The highest BCUT2D eigenvalue weighted by Crippen LogP contribution is 2.15. The van der Waals surface area contributed by atoms with E-state index in [2.05, 4.69) is 34.6 Å². The minimum absolute atomic E-state index is 0.360. The summed E-state index contributed by atoms with van der Waals surface area (Å²) in [5.41, 5.74) is 2.35. The normalized spacial score (nSPS) is 12.5. The Morgan fingerprint density at radius 1 is 1.32 bits per heavy atom. The molecular weight excluding hydrogens is 296 g/mol. The van der Waals surface area contributed by atoms with Crippen molar-refractivity contribution in [2.75, 3.05) is 13.6 Å². The van der Waals surface area contributed by atoms with Crippen molar-refractivity contribution < 1.29 is 9.90 Å². The summed E-state index contributed by atoms with van der Waals surface area (Å²) in [5.74, 6) is -1.12. The van der Waals surface area contributed by atoms with Crippen LogP contribution < -0.4 is 0 Å². The number of nitrogens with zero attached hydrogens (tertiary/aromatic N) is 2. The van der Waals surface area contributed by atoms with Gasteiger partial charge in [0.2, 0.25) is 0 Å². The monoisotopic (exact) mass is 318 g/mol. The number of hydrogen-bond donors (Lipinski definition) is 1. The second kappa shape index (κ2) is 8.06. The number of benzene rings is 1. The van der Waals surface area contributed by atoms with Gasteiger partial charge in [-0.15, -0.1) is 11.3 Å². The number of thiazole rings is 1. The largest absolute Gasteiger partial charge is 0.481 e. The lowest BCUT2D eigenvalue weighted by molar-refractivity contribution is -0.141. The second-order valence-electron chi connectivity index (χ2n) is 5.65. The zero-order valence-electron chi connectivity index (χ0n) is 13.0. The van der Waals surface area contributed by atoms with Gasteiger partial charge in [-0.25, -0.2) is 4.98 Å². The Bertz CT molecular complexity index is 598. The number of carbonyl (C=O) groups is 1.